The van der Waals surface area contributed by atoms with Crippen molar-refractivity contribution in [1.29, 1.82) is 0 Å². The van der Waals surface area contributed by atoms with Gasteiger partial charge in [-0.25, -0.2) is 9.50 Å². The maximum atomic E-state index is 4.53. The van der Waals surface area contributed by atoms with Crippen molar-refractivity contribution in [2.24, 2.45) is 0 Å². The number of aryl methyl sites for hydroxylation is 1. The van der Waals surface area contributed by atoms with Crippen LogP contribution in [0.2, 0.25) is 0 Å². The van der Waals surface area contributed by atoms with Gasteiger partial charge in [0.15, 0.2) is 11.5 Å². The third-order valence-electron chi connectivity index (χ3n) is 2.97. The summed E-state index contributed by atoms with van der Waals surface area (Å²) >= 11 is 0. The SMILES string of the molecule is Cc1ccc2nc(C3CCC3)nn2c1. The molecule has 0 bridgehead atoms. The summed E-state index contributed by atoms with van der Waals surface area (Å²) in [6.45, 7) is 2.07. The quantitative estimate of drug-likeness (QED) is 0.685. The lowest BCUT2D eigenvalue weighted by atomic mass is 9.85. The highest BCUT2D eigenvalue weighted by atomic mass is 15.3. The van der Waals surface area contributed by atoms with Gasteiger partial charge in [-0.2, -0.15) is 5.10 Å². The Kier molecular flexibility index (Phi) is 1.60. The Labute approximate surface area is 82.8 Å². The minimum absolute atomic E-state index is 0.621. The fourth-order valence-electron chi connectivity index (χ4n) is 1.84. The van der Waals surface area contributed by atoms with E-state index >= 15 is 0 Å². The van der Waals surface area contributed by atoms with Gasteiger partial charge in [-0.3, -0.25) is 0 Å². The molecule has 0 unspecified atom stereocenters. The van der Waals surface area contributed by atoms with E-state index in [4.69, 9.17) is 0 Å². The molecular formula is C11H13N3. The van der Waals surface area contributed by atoms with Crippen molar-refractivity contribution in [3.8, 4) is 0 Å². The molecule has 72 valence electrons. The lowest BCUT2D eigenvalue weighted by molar-refractivity contribution is 0.402. The van der Waals surface area contributed by atoms with Crippen LogP contribution in [0, 0.1) is 6.92 Å². The van der Waals surface area contributed by atoms with Crippen LogP contribution in [0.4, 0.5) is 0 Å². The molecule has 2 aromatic heterocycles. The van der Waals surface area contributed by atoms with Crippen LogP contribution in [-0.2, 0) is 0 Å². The van der Waals surface area contributed by atoms with E-state index < -0.39 is 0 Å². The van der Waals surface area contributed by atoms with Crippen LogP contribution >= 0.6 is 0 Å². The van der Waals surface area contributed by atoms with Crippen molar-refractivity contribution in [2.45, 2.75) is 32.1 Å². The third kappa shape index (κ3) is 1.12. The summed E-state index contributed by atoms with van der Waals surface area (Å²) < 4.78 is 1.89. The third-order valence-corrected chi connectivity index (χ3v) is 2.97. The first-order valence-corrected chi connectivity index (χ1v) is 5.16. The molecule has 2 heterocycles. The zero-order chi connectivity index (χ0) is 9.54. The monoisotopic (exact) mass is 187 g/mol. The molecule has 0 radical (unpaired) electrons. The Morgan fingerprint density at radius 3 is 2.93 bits per heavy atom. The van der Waals surface area contributed by atoms with Crippen LogP contribution in [0.5, 0.6) is 0 Å². The van der Waals surface area contributed by atoms with Crippen LogP contribution in [-0.4, -0.2) is 14.6 Å². The van der Waals surface area contributed by atoms with Crippen molar-refractivity contribution in [1.82, 2.24) is 14.6 Å². The summed E-state index contributed by atoms with van der Waals surface area (Å²) in [6.07, 6.45) is 5.88. The Morgan fingerprint density at radius 2 is 2.21 bits per heavy atom. The number of hydrogen-bond donors (Lipinski definition) is 0. The highest BCUT2D eigenvalue weighted by Gasteiger charge is 2.23. The van der Waals surface area contributed by atoms with Crippen LogP contribution in [0.15, 0.2) is 18.3 Å². The highest BCUT2D eigenvalue weighted by Crippen LogP contribution is 2.34. The Balaban J connectivity index is 2.10. The van der Waals surface area contributed by atoms with E-state index in [1.54, 1.807) is 0 Å². The summed E-state index contributed by atoms with van der Waals surface area (Å²) in [5.74, 6) is 1.65. The number of fused-ring (bicyclic) bond motifs is 1. The Morgan fingerprint density at radius 1 is 1.36 bits per heavy atom. The van der Waals surface area contributed by atoms with Gasteiger partial charge in [-0.05, 0) is 31.4 Å². The van der Waals surface area contributed by atoms with Crippen LogP contribution < -0.4 is 0 Å². The van der Waals surface area contributed by atoms with E-state index in [-0.39, 0.29) is 0 Å². The second-order valence-corrected chi connectivity index (χ2v) is 4.11. The number of aromatic nitrogens is 3. The van der Waals surface area contributed by atoms with Crippen LogP contribution in [0.1, 0.15) is 36.6 Å². The summed E-state index contributed by atoms with van der Waals surface area (Å²) in [4.78, 5) is 4.53. The molecule has 0 saturated heterocycles. The summed E-state index contributed by atoms with van der Waals surface area (Å²) in [5, 5.41) is 4.50. The normalized spacial score (nSPS) is 17.2. The van der Waals surface area contributed by atoms with Crippen molar-refractivity contribution >= 4 is 5.65 Å². The van der Waals surface area contributed by atoms with E-state index in [0.717, 1.165) is 11.5 Å². The molecule has 1 fully saturated rings. The topological polar surface area (TPSA) is 30.2 Å². The number of pyridine rings is 1. The zero-order valence-corrected chi connectivity index (χ0v) is 8.27. The molecule has 3 nitrogen and oxygen atoms in total. The molecule has 0 amide bonds. The Bertz CT molecular complexity index is 468. The molecule has 14 heavy (non-hydrogen) atoms. The van der Waals surface area contributed by atoms with Crippen molar-refractivity contribution < 1.29 is 0 Å². The fraction of sp³-hybridized carbons (Fsp3) is 0.455. The summed E-state index contributed by atoms with van der Waals surface area (Å²) in [6, 6.07) is 4.11. The van der Waals surface area contributed by atoms with E-state index in [2.05, 4.69) is 23.1 Å². The van der Waals surface area contributed by atoms with Crippen LogP contribution in [0.25, 0.3) is 5.65 Å². The minimum Gasteiger partial charge on any atom is -0.221 e. The maximum absolute atomic E-state index is 4.53. The van der Waals surface area contributed by atoms with Crippen LogP contribution in [0.3, 0.4) is 0 Å². The number of hydrogen-bond acceptors (Lipinski definition) is 2. The molecule has 1 aliphatic rings. The van der Waals surface area contributed by atoms with E-state index in [1.165, 1.54) is 24.8 Å². The number of nitrogens with zero attached hydrogens (tertiary/aromatic N) is 3. The van der Waals surface area contributed by atoms with E-state index in [9.17, 15) is 0 Å². The summed E-state index contributed by atoms with van der Waals surface area (Å²) in [5.41, 5.74) is 2.19. The second-order valence-electron chi connectivity index (χ2n) is 4.11. The molecule has 1 saturated carbocycles. The first-order valence-electron chi connectivity index (χ1n) is 5.16. The predicted octanol–water partition coefficient (Wildman–Crippen LogP) is 2.31. The van der Waals surface area contributed by atoms with Gasteiger partial charge >= 0.3 is 0 Å². The van der Waals surface area contributed by atoms with Crippen molar-refractivity contribution in [3.63, 3.8) is 0 Å². The summed E-state index contributed by atoms with van der Waals surface area (Å²) in [7, 11) is 0. The van der Waals surface area contributed by atoms with Crippen molar-refractivity contribution in [3.05, 3.63) is 29.7 Å². The molecule has 0 aliphatic heterocycles. The van der Waals surface area contributed by atoms with Gasteiger partial charge in [0.05, 0.1) is 0 Å². The molecule has 0 N–H and O–H groups in total. The Hall–Kier alpha value is -1.38. The molecule has 0 spiro atoms. The van der Waals surface area contributed by atoms with Gasteiger partial charge in [-0.1, -0.05) is 12.5 Å². The van der Waals surface area contributed by atoms with E-state index in [0.29, 0.717) is 5.92 Å². The highest BCUT2D eigenvalue weighted by molar-refractivity contribution is 5.38. The predicted molar refractivity (Wildman–Crippen MR) is 54.3 cm³/mol. The first kappa shape index (κ1) is 7.97. The number of rotatable bonds is 1. The smallest absolute Gasteiger partial charge is 0.155 e. The molecule has 3 rings (SSSR count). The second kappa shape index (κ2) is 2.80. The van der Waals surface area contributed by atoms with Gasteiger partial charge < -0.3 is 0 Å². The average molecular weight is 187 g/mol. The van der Waals surface area contributed by atoms with Gasteiger partial charge in [-0.15, -0.1) is 0 Å². The maximum Gasteiger partial charge on any atom is 0.155 e. The van der Waals surface area contributed by atoms with Gasteiger partial charge in [0.1, 0.15) is 0 Å². The lowest BCUT2D eigenvalue weighted by Crippen LogP contribution is -2.10. The molecule has 2 aromatic rings. The molecule has 1 aliphatic carbocycles. The lowest BCUT2D eigenvalue weighted by Gasteiger charge is -2.21. The van der Waals surface area contributed by atoms with Gasteiger partial charge in [0, 0.05) is 12.1 Å². The van der Waals surface area contributed by atoms with E-state index in [1.807, 2.05) is 16.8 Å². The zero-order valence-electron chi connectivity index (χ0n) is 8.27. The minimum atomic E-state index is 0.621. The van der Waals surface area contributed by atoms with Crippen molar-refractivity contribution in [2.75, 3.05) is 0 Å². The largest absolute Gasteiger partial charge is 0.221 e. The van der Waals surface area contributed by atoms with Gasteiger partial charge in [0.25, 0.3) is 0 Å². The fourth-order valence-corrected chi connectivity index (χ4v) is 1.84. The molecule has 3 heteroatoms. The molecule has 0 aromatic carbocycles. The van der Waals surface area contributed by atoms with Gasteiger partial charge in [0.2, 0.25) is 0 Å². The standard InChI is InChI=1S/C11H13N3/c1-8-5-6-10-12-11(9-3-2-4-9)13-14(10)7-8/h5-7,9H,2-4H2,1H3. The molecular weight excluding hydrogens is 174 g/mol. The molecule has 0 atom stereocenters. The first-order chi connectivity index (χ1) is 6.83. The average Bonchev–Trinajstić information content (AvgIpc) is 2.43.